The van der Waals surface area contributed by atoms with Crippen LogP contribution >= 0.6 is 24.8 Å². The molecule has 2 unspecified atom stereocenters. The minimum absolute atomic E-state index is 0. The second-order valence-corrected chi connectivity index (χ2v) is 6.53. The Kier molecular flexibility index (Phi) is 9.66. The summed E-state index contributed by atoms with van der Waals surface area (Å²) in [6, 6.07) is 0.409. The van der Waals surface area contributed by atoms with E-state index < -0.39 is 5.60 Å². The van der Waals surface area contributed by atoms with Gasteiger partial charge < -0.3 is 20.1 Å². The summed E-state index contributed by atoms with van der Waals surface area (Å²) < 4.78 is 10.9. The first-order valence-corrected chi connectivity index (χ1v) is 7.45. The van der Waals surface area contributed by atoms with Gasteiger partial charge in [0.15, 0.2) is 0 Å². The van der Waals surface area contributed by atoms with E-state index >= 15 is 0 Å². The largest absolute Gasteiger partial charge is 0.444 e. The van der Waals surface area contributed by atoms with E-state index in [1.807, 2.05) is 20.8 Å². The monoisotopic (exact) mass is 357 g/mol. The van der Waals surface area contributed by atoms with Gasteiger partial charge >= 0.3 is 6.09 Å². The molecule has 0 saturated carbocycles. The molecule has 1 amide bonds. The van der Waals surface area contributed by atoms with Gasteiger partial charge in [-0.05, 0) is 20.8 Å². The number of nitrogens with zero attached hydrogens (tertiary/aromatic N) is 1. The third kappa shape index (κ3) is 6.87. The minimum Gasteiger partial charge on any atom is -0.444 e. The maximum atomic E-state index is 11.7. The van der Waals surface area contributed by atoms with E-state index in [-0.39, 0.29) is 30.9 Å². The van der Waals surface area contributed by atoms with Crippen LogP contribution in [-0.4, -0.2) is 68.6 Å². The smallest absolute Gasteiger partial charge is 0.407 e. The van der Waals surface area contributed by atoms with Crippen molar-refractivity contribution in [3.05, 3.63) is 0 Å². The van der Waals surface area contributed by atoms with Crippen LogP contribution in [0.25, 0.3) is 0 Å². The number of piperazine rings is 1. The number of amides is 1. The number of hydrogen-bond acceptors (Lipinski definition) is 5. The average Bonchev–Trinajstić information content (AvgIpc) is 2.83. The Morgan fingerprint density at radius 1 is 1.27 bits per heavy atom. The Labute approximate surface area is 145 Å². The highest BCUT2D eigenvalue weighted by atomic mass is 35.5. The molecule has 2 aliphatic heterocycles. The van der Waals surface area contributed by atoms with Crippen molar-refractivity contribution in [2.45, 2.75) is 32.4 Å². The van der Waals surface area contributed by atoms with Gasteiger partial charge in [0.25, 0.3) is 0 Å². The molecule has 8 heteroatoms. The molecular weight excluding hydrogens is 329 g/mol. The first-order valence-electron chi connectivity index (χ1n) is 7.45. The molecule has 0 bridgehead atoms. The highest BCUT2D eigenvalue weighted by Gasteiger charge is 2.34. The molecule has 0 aromatic carbocycles. The Bertz CT molecular complexity index is 334. The lowest BCUT2D eigenvalue weighted by atomic mass is 10.0. The van der Waals surface area contributed by atoms with Crippen molar-refractivity contribution in [3.63, 3.8) is 0 Å². The zero-order chi connectivity index (χ0) is 14.6. The summed E-state index contributed by atoms with van der Waals surface area (Å²) in [6.07, 6.45) is -0.344. The fourth-order valence-corrected chi connectivity index (χ4v) is 2.73. The number of halogens is 2. The van der Waals surface area contributed by atoms with Crippen LogP contribution in [0.15, 0.2) is 0 Å². The molecule has 0 aliphatic carbocycles. The van der Waals surface area contributed by atoms with Crippen molar-refractivity contribution < 1.29 is 14.3 Å². The summed E-state index contributed by atoms with van der Waals surface area (Å²) in [7, 11) is 0. The zero-order valence-electron chi connectivity index (χ0n) is 13.6. The number of rotatable bonds is 3. The summed E-state index contributed by atoms with van der Waals surface area (Å²) in [6.45, 7) is 11.9. The average molecular weight is 358 g/mol. The maximum Gasteiger partial charge on any atom is 0.407 e. The number of ether oxygens (including phenoxy) is 2. The molecule has 2 fully saturated rings. The van der Waals surface area contributed by atoms with E-state index in [1.54, 1.807) is 0 Å². The lowest BCUT2D eigenvalue weighted by Gasteiger charge is -2.35. The SMILES string of the molecule is CC(C)(C)OC(=O)NCC1COCC1N1CCNCC1.Cl.Cl. The van der Waals surface area contributed by atoms with Crippen LogP contribution in [0.2, 0.25) is 0 Å². The highest BCUT2D eigenvalue weighted by molar-refractivity contribution is 5.85. The first kappa shape index (κ1) is 21.7. The molecule has 22 heavy (non-hydrogen) atoms. The predicted octanol–water partition coefficient (Wildman–Crippen LogP) is 1.27. The lowest BCUT2D eigenvalue weighted by Crippen LogP contribution is -2.52. The number of hydrogen-bond donors (Lipinski definition) is 2. The van der Waals surface area contributed by atoms with Gasteiger partial charge in [-0.3, -0.25) is 4.90 Å². The summed E-state index contributed by atoms with van der Waals surface area (Å²) >= 11 is 0. The normalized spacial score (nSPS) is 25.8. The molecule has 6 nitrogen and oxygen atoms in total. The van der Waals surface area contributed by atoms with Crippen molar-refractivity contribution in [1.29, 1.82) is 0 Å². The molecule has 0 aromatic heterocycles. The van der Waals surface area contributed by atoms with Crippen LogP contribution in [0.3, 0.4) is 0 Å². The van der Waals surface area contributed by atoms with Crippen LogP contribution in [-0.2, 0) is 9.47 Å². The van der Waals surface area contributed by atoms with Gasteiger partial charge in [-0.25, -0.2) is 4.79 Å². The van der Waals surface area contributed by atoms with Crippen LogP contribution in [0, 0.1) is 5.92 Å². The number of alkyl carbamates (subject to hydrolysis) is 1. The van der Waals surface area contributed by atoms with Crippen molar-refractivity contribution in [1.82, 2.24) is 15.5 Å². The van der Waals surface area contributed by atoms with E-state index in [0.29, 0.717) is 25.1 Å². The van der Waals surface area contributed by atoms with Crippen LogP contribution in [0.5, 0.6) is 0 Å². The highest BCUT2D eigenvalue weighted by Crippen LogP contribution is 2.19. The van der Waals surface area contributed by atoms with E-state index in [4.69, 9.17) is 9.47 Å². The Morgan fingerprint density at radius 3 is 2.50 bits per heavy atom. The quantitative estimate of drug-likeness (QED) is 0.796. The summed E-state index contributed by atoms with van der Waals surface area (Å²) in [5.74, 6) is 0.348. The van der Waals surface area contributed by atoms with E-state index in [2.05, 4.69) is 15.5 Å². The van der Waals surface area contributed by atoms with Crippen molar-refractivity contribution in [3.8, 4) is 0 Å². The Hall–Kier alpha value is -0.270. The van der Waals surface area contributed by atoms with Crippen molar-refractivity contribution in [2.75, 3.05) is 45.9 Å². The molecule has 2 atom stereocenters. The van der Waals surface area contributed by atoms with Gasteiger partial charge in [0, 0.05) is 44.7 Å². The fraction of sp³-hybridized carbons (Fsp3) is 0.929. The van der Waals surface area contributed by atoms with Gasteiger partial charge in [0.2, 0.25) is 0 Å². The van der Waals surface area contributed by atoms with Crippen LogP contribution in [0.1, 0.15) is 20.8 Å². The molecule has 2 heterocycles. The van der Waals surface area contributed by atoms with Gasteiger partial charge in [-0.15, -0.1) is 24.8 Å². The lowest BCUT2D eigenvalue weighted by molar-refractivity contribution is 0.0509. The molecule has 0 spiro atoms. The first-order chi connectivity index (χ1) is 9.46. The van der Waals surface area contributed by atoms with Gasteiger partial charge in [0.1, 0.15) is 5.60 Å². The molecule has 2 aliphatic rings. The van der Waals surface area contributed by atoms with Gasteiger partial charge in [0.05, 0.1) is 13.2 Å². The summed E-state index contributed by atoms with van der Waals surface area (Å²) in [5.41, 5.74) is -0.450. The third-order valence-corrected chi connectivity index (χ3v) is 3.69. The zero-order valence-corrected chi connectivity index (χ0v) is 15.2. The van der Waals surface area contributed by atoms with E-state index in [1.165, 1.54) is 0 Å². The molecule has 2 saturated heterocycles. The van der Waals surface area contributed by atoms with E-state index in [9.17, 15) is 4.79 Å². The van der Waals surface area contributed by atoms with Gasteiger partial charge in [-0.2, -0.15) is 0 Å². The molecular formula is C14H29Cl2N3O3. The van der Waals surface area contributed by atoms with Gasteiger partial charge in [-0.1, -0.05) is 0 Å². The number of carbonyl (C=O) groups excluding carboxylic acids is 1. The fourth-order valence-electron chi connectivity index (χ4n) is 2.73. The van der Waals surface area contributed by atoms with Crippen molar-refractivity contribution in [2.24, 2.45) is 5.92 Å². The molecule has 2 N–H and O–H groups in total. The maximum absolute atomic E-state index is 11.7. The number of nitrogens with one attached hydrogen (secondary N) is 2. The molecule has 0 radical (unpaired) electrons. The summed E-state index contributed by atoms with van der Waals surface area (Å²) in [4.78, 5) is 14.2. The van der Waals surface area contributed by atoms with E-state index in [0.717, 1.165) is 32.8 Å². The second-order valence-electron chi connectivity index (χ2n) is 6.53. The minimum atomic E-state index is -0.450. The molecule has 0 aromatic rings. The standard InChI is InChI=1S/C14H27N3O3.2ClH/c1-14(2,3)20-13(18)16-8-11-9-19-10-12(11)17-6-4-15-5-7-17;;/h11-12,15H,4-10H2,1-3H3,(H,16,18);2*1H. The predicted molar refractivity (Wildman–Crippen MR) is 91.3 cm³/mol. The second kappa shape index (κ2) is 9.78. The van der Waals surface area contributed by atoms with Crippen LogP contribution in [0.4, 0.5) is 4.79 Å². The summed E-state index contributed by atoms with van der Waals surface area (Å²) in [5, 5.41) is 6.22. The molecule has 2 rings (SSSR count). The third-order valence-electron chi connectivity index (χ3n) is 3.69. The Balaban J connectivity index is 0.00000220. The topological polar surface area (TPSA) is 62.8 Å². The number of carbonyl (C=O) groups is 1. The van der Waals surface area contributed by atoms with Crippen molar-refractivity contribution >= 4 is 30.9 Å². The van der Waals surface area contributed by atoms with Crippen LogP contribution < -0.4 is 10.6 Å². The molecule has 132 valence electrons. The Morgan fingerprint density at radius 2 is 1.91 bits per heavy atom.